The summed E-state index contributed by atoms with van der Waals surface area (Å²) in [6.45, 7) is 6.03. The van der Waals surface area contributed by atoms with Crippen molar-refractivity contribution in [3.8, 4) is 0 Å². The smallest absolute Gasteiger partial charge is 0.253 e. The Morgan fingerprint density at radius 3 is 2.42 bits per heavy atom. The lowest BCUT2D eigenvalue weighted by molar-refractivity contribution is -0.136. The molecule has 1 heterocycles. The van der Waals surface area contributed by atoms with E-state index in [0.717, 1.165) is 12.2 Å². The Morgan fingerprint density at radius 1 is 1.16 bits per heavy atom. The lowest BCUT2D eigenvalue weighted by Crippen LogP contribution is -2.38. The van der Waals surface area contributed by atoms with Crippen molar-refractivity contribution >= 4 is 17.5 Å². The number of aryl methyl sites for hydroxylation is 1. The van der Waals surface area contributed by atoms with Crippen molar-refractivity contribution in [2.75, 3.05) is 24.5 Å². The van der Waals surface area contributed by atoms with Gasteiger partial charge in [0.2, 0.25) is 0 Å². The molecule has 1 aromatic carbocycles. The van der Waals surface area contributed by atoms with Gasteiger partial charge < -0.3 is 4.90 Å². The molecule has 0 aromatic heterocycles. The summed E-state index contributed by atoms with van der Waals surface area (Å²) in [5, 5.41) is 0. The zero-order valence-electron chi connectivity index (χ0n) is 11.3. The van der Waals surface area contributed by atoms with Gasteiger partial charge in [-0.3, -0.25) is 14.5 Å². The van der Waals surface area contributed by atoms with Gasteiger partial charge in [0.15, 0.2) is 0 Å². The number of carbonyl (C=O) groups is 2. The lowest BCUT2D eigenvalue weighted by Gasteiger charge is -2.25. The monoisotopic (exact) mass is 258 g/mol. The maximum Gasteiger partial charge on any atom is 0.253 e. The molecule has 0 N–H and O–H groups in total. The van der Waals surface area contributed by atoms with Gasteiger partial charge >= 0.3 is 0 Å². The molecule has 4 nitrogen and oxygen atoms in total. The quantitative estimate of drug-likeness (QED) is 0.755. The van der Waals surface area contributed by atoms with Crippen molar-refractivity contribution in [2.45, 2.75) is 13.8 Å². The van der Waals surface area contributed by atoms with Gasteiger partial charge in [-0.15, -0.1) is 0 Å². The number of nitrogens with zero attached hydrogens (tertiary/aromatic N) is 2. The van der Waals surface area contributed by atoms with E-state index >= 15 is 0 Å². The Kier molecular flexibility index (Phi) is 4.00. The SMILES string of the molecule is CCN(CCN1C(=O)C=CC1=O)c1cccc(C)c1. The highest BCUT2D eigenvalue weighted by molar-refractivity contribution is 6.12. The second-order valence-electron chi connectivity index (χ2n) is 4.58. The molecule has 0 unspecified atom stereocenters. The molecule has 0 radical (unpaired) electrons. The molecule has 0 aliphatic carbocycles. The highest BCUT2D eigenvalue weighted by atomic mass is 16.2. The van der Waals surface area contributed by atoms with E-state index in [9.17, 15) is 9.59 Å². The van der Waals surface area contributed by atoms with Gasteiger partial charge in [-0.1, -0.05) is 12.1 Å². The zero-order valence-corrected chi connectivity index (χ0v) is 11.3. The first-order chi connectivity index (χ1) is 9.11. The summed E-state index contributed by atoms with van der Waals surface area (Å²) >= 11 is 0. The van der Waals surface area contributed by atoms with Gasteiger partial charge in [-0.05, 0) is 31.5 Å². The van der Waals surface area contributed by atoms with E-state index in [2.05, 4.69) is 30.9 Å². The number of amides is 2. The van der Waals surface area contributed by atoms with Crippen LogP contribution in [0.1, 0.15) is 12.5 Å². The molecule has 1 aromatic rings. The van der Waals surface area contributed by atoms with Crippen LogP contribution >= 0.6 is 0 Å². The van der Waals surface area contributed by atoms with E-state index in [1.807, 2.05) is 12.1 Å². The van der Waals surface area contributed by atoms with E-state index in [1.54, 1.807) is 0 Å². The van der Waals surface area contributed by atoms with Gasteiger partial charge in [-0.2, -0.15) is 0 Å². The van der Waals surface area contributed by atoms with Gasteiger partial charge in [0.05, 0.1) is 0 Å². The fourth-order valence-corrected chi connectivity index (χ4v) is 2.17. The molecule has 19 heavy (non-hydrogen) atoms. The molecular weight excluding hydrogens is 240 g/mol. The summed E-state index contributed by atoms with van der Waals surface area (Å²) in [5.41, 5.74) is 2.32. The van der Waals surface area contributed by atoms with Crippen LogP contribution in [0.25, 0.3) is 0 Å². The number of hydrogen-bond acceptors (Lipinski definition) is 3. The average Bonchev–Trinajstić information content (AvgIpc) is 2.71. The number of carbonyl (C=O) groups excluding carboxylic acids is 2. The maximum atomic E-state index is 11.5. The number of imide groups is 1. The van der Waals surface area contributed by atoms with Gasteiger partial charge in [-0.25, -0.2) is 0 Å². The molecule has 2 rings (SSSR count). The molecule has 1 aliphatic rings. The molecule has 4 heteroatoms. The van der Waals surface area contributed by atoms with Crippen molar-refractivity contribution in [3.05, 3.63) is 42.0 Å². The third-order valence-corrected chi connectivity index (χ3v) is 3.24. The number of hydrogen-bond donors (Lipinski definition) is 0. The van der Waals surface area contributed by atoms with E-state index in [0.29, 0.717) is 13.1 Å². The standard InChI is InChI=1S/C15H18N2O2/c1-3-16(13-6-4-5-12(2)11-13)9-10-17-14(18)7-8-15(17)19/h4-8,11H,3,9-10H2,1-2H3. The first-order valence-electron chi connectivity index (χ1n) is 6.47. The van der Waals surface area contributed by atoms with E-state index in [4.69, 9.17) is 0 Å². The molecule has 0 spiro atoms. The minimum atomic E-state index is -0.217. The number of rotatable bonds is 5. The molecule has 100 valence electrons. The van der Waals surface area contributed by atoms with Gasteiger partial charge in [0.1, 0.15) is 0 Å². The summed E-state index contributed by atoms with van der Waals surface area (Å²) < 4.78 is 0. The normalized spacial score (nSPS) is 14.3. The summed E-state index contributed by atoms with van der Waals surface area (Å²) in [4.78, 5) is 26.4. The van der Waals surface area contributed by atoms with Crippen molar-refractivity contribution in [3.63, 3.8) is 0 Å². The van der Waals surface area contributed by atoms with Crippen LogP contribution in [0.4, 0.5) is 5.69 Å². The van der Waals surface area contributed by atoms with Crippen LogP contribution in [0.2, 0.25) is 0 Å². The molecule has 0 bridgehead atoms. The molecule has 0 atom stereocenters. The first-order valence-corrected chi connectivity index (χ1v) is 6.47. The van der Waals surface area contributed by atoms with Crippen LogP contribution in [0, 0.1) is 6.92 Å². The maximum absolute atomic E-state index is 11.5. The summed E-state index contributed by atoms with van der Waals surface area (Å²) in [6.07, 6.45) is 2.65. The van der Waals surface area contributed by atoms with Crippen LogP contribution in [-0.2, 0) is 9.59 Å². The minimum absolute atomic E-state index is 0.217. The van der Waals surface area contributed by atoms with E-state index in [1.165, 1.54) is 22.6 Å². The van der Waals surface area contributed by atoms with Crippen molar-refractivity contribution in [1.82, 2.24) is 4.90 Å². The Labute approximate surface area is 113 Å². The number of benzene rings is 1. The van der Waals surface area contributed by atoms with Gasteiger partial charge in [0, 0.05) is 37.5 Å². The van der Waals surface area contributed by atoms with Crippen LogP contribution in [0.15, 0.2) is 36.4 Å². The molecule has 0 saturated heterocycles. The summed E-state index contributed by atoms with van der Waals surface area (Å²) in [7, 11) is 0. The molecule has 1 aliphatic heterocycles. The fourth-order valence-electron chi connectivity index (χ4n) is 2.17. The van der Waals surface area contributed by atoms with Crippen LogP contribution in [0.3, 0.4) is 0 Å². The van der Waals surface area contributed by atoms with Crippen molar-refractivity contribution in [2.24, 2.45) is 0 Å². The Morgan fingerprint density at radius 2 is 1.84 bits per heavy atom. The Balaban J connectivity index is 2.00. The average molecular weight is 258 g/mol. The second-order valence-corrected chi connectivity index (χ2v) is 4.58. The fraction of sp³-hybridized carbons (Fsp3) is 0.333. The molecular formula is C15H18N2O2. The Bertz CT molecular complexity index is 505. The van der Waals surface area contributed by atoms with Crippen LogP contribution in [0.5, 0.6) is 0 Å². The first kappa shape index (κ1) is 13.3. The summed E-state index contributed by atoms with van der Waals surface area (Å²) in [6, 6.07) is 8.22. The second kappa shape index (κ2) is 5.69. The van der Waals surface area contributed by atoms with Gasteiger partial charge in [0.25, 0.3) is 11.8 Å². The predicted octanol–water partition coefficient (Wildman–Crippen LogP) is 1.75. The Hall–Kier alpha value is -2.10. The van der Waals surface area contributed by atoms with E-state index < -0.39 is 0 Å². The van der Waals surface area contributed by atoms with Crippen molar-refractivity contribution < 1.29 is 9.59 Å². The third-order valence-electron chi connectivity index (χ3n) is 3.24. The predicted molar refractivity (Wildman–Crippen MR) is 74.9 cm³/mol. The van der Waals surface area contributed by atoms with Crippen molar-refractivity contribution in [1.29, 1.82) is 0 Å². The molecule has 0 fully saturated rings. The number of anilines is 1. The third kappa shape index (κ3) is 3.02. The molecule has 2 amide bonds. The minimum Gasteiger partial charge on any atom is -0.370 e. The summed E-state index contributed by atoms with van der Waals surface area (Å²) in [5.74, 6) is -0.435. The van der Waals surface area contributed by atoms with E-state index in [-0.39, 0.29) is 11.8 Å². The zero-order chi connectivity index (χ0) is 13.8. The largest absolute Gasteiger partial charge is 0.370 e. The topological polar surface area (TPSA) is 40.6 Å². The number of likely N-dealkylation sites (N-methyl/N-ethyl adjacent to an activating group) is 1. The van der Waals surface area contributed by atoms with Crippen LogP contribution < -0.4 is 4.90 Å². The lowest BCUT2D eigenvalue weighted by atomic mass is 10.2. The molecule has 0 saturated carbocycles. The highest BCUT2D eigenvalue weighted by Crippen LogP contribution is 2.16. The van der Waals surface area contributed by atoms with Crippen LogP contribution in [-0.4, -0.2) is 36.3 Å². The highest BCUT2D eigenvalue weighted by Gasteiger charge is 2.23.